The zero-order chi connectivity index (χ0) is 23.7. The Hall–Kier alpha value is -4.30. The lowest BCUT2D eigenvalue weighted by Gasteiger charge is -2.11. The van der Waals surface area contributed by atoms with E-state index in [9.17, 15) is 9.59 Å². The number of hydrogen-bond acceptors (Lipinski definition) is 6. The lowest BCUT2D eigenvalue weighted by Crippen LogP contribution is -2.13. The van der Waals surface area contributed by atoms with Gasteiger partial charge in [0, 0.05) is 39.3 Å². The third-order valence-electron chi connectivity index (χ3n) is 5.30. The third kappa shape index (κ3) is 4.57. The molecule has 0 atom stereocenters. The molecule has 5 rings (SSSR count). The van der Waals surface area contributed by atoms with E-state index in [0.29, 0.717) is 39.3 Å². The van der Waals surface area contributed by atoms with E-state index in [4.69, 9.17) is 11.6 Å². The molecular formula is C25H19ClN6O2. The van der Waals surface area contributed by atoms with Crippen molar-refractivity contribution in [2.45, 2.75) is 13.3 Å². The highest BCUT2D eigenvalue weighted by atomic mass is 35.5. The van der Waals surface area contributed by atoms with Gasteiger partial charge in [0.2, 0.25) is 11.9 Å². The number of nitrogens with one attached hydrogen (secondary N) is 3. The lowest BCUT2D eigenvalue weighted by atomic mass is 10.1. The van der Waals surface area contributed by atoms with E-state index in [1.165, 1.54) is 0 Å². The van der Waals surface area contributed by atoms with E-state index in [2.05, 4.69) is 30.9 Å². The van der Waals surface area contributed by atoms with Gasteiger partial charge < -0.3 is 16.0 Å². The first-order chi connectivity index (χ1) is 16.4. The summed E-state index contributed by atoms with van der Waals surface area (Å²) in [5.41, 5.74) is 5.49. The smallest absolute Gasteiger partial charge is 0.255 e. The van der Waals surface area contributed by atoms with Crippen LogP contribution in [0.3, 0.4) is 0 Å². The molecule has 0 aliphatic carbocycles. The average Bonchev–Trinajstić information content (AvgIpc) is 2.95. The van der Waals surface area contributed by atoms with Crippen molar-refractivity contribution >= 4 is 46.4 Å². The quantitative estimate of drug-likeness (QED) is 0.387. The molecule has 0 unspecified atom stereocenters. The van der Waals surface area contributed by atoms with Gasteiger partial charge in [-0.25, -0.2) is 9.97 Å². The van der Waals surface area contributed by atoms with Gasteiger partial charge in [0.1, 0.15) is 0 Å². The van der Waals surface area contributed by atoms with Crippen LogP contribution >= 0.6 is 11.6 Å². The van der Waals surface area contributed by atoms with Crippen LogP contribution in [0.15, 0.2) is 67.0 Å². The van der Waals surface area contributed by atoms with Crippen LogP contribution in [0.1, 0.15) is 21.6 Å². The third-order valence-corrected chi connectivity index (χ3v) is 5.53. The number of fused-ring (bicyclic) bond motifs is 3. The summed E-state index contributed by atoms with van der Waals surface area (Å²) in [6.45, 7) is 1.88. The van der Waals surface area contributed by atoms with Crippen LogP contribution in [0.2, 0.25) is 5.02 Å². The number of anilines is 4. The molecule has 2 amide bonds. The van der Waals surface area contributed by atoms with Gasteiger partial charge >= 0.3 is 0 Å². The molecule has 0 radical (unpaired) electrons. The first kappa shape index (κ1) is 21.5. The van der Waals surface area contributed by atoms with E-state index in [1.54, 1.807) is 54.9 Å². The first-order valence-electron chi connectivity index (χ1n) is 10.5. The fraction of sp³-hybridized carbons (Fsp3) is 0.0800. The number of benzene rings is 2. The minimum absolute atomic E-state index is 0.151. The van der Waals surface area contributed by atoms with Crippen LogP contribution in [-0.2, 0) is 11.2 Å². The molecule has 2 aromatic heterocycles. The highest BCUT2D eigenvalue weighted by Gasteiger charge is 2.21. The Balaban J connectivity index is 1.35. The second kappa shape index (κ2) is 8.92. The van der Waals surface area contributed by atoms with Crippen molar-refractivity contribution in [3.63, 3.8) is 0 Å². The molecule has 1 aliphatic rings. The fourth-order valence-electron chi connectivity index (χ4n) is 3.60. The van der Waals surface area contributed by atoms with Gasteiger partial charge in [-0.05, 0) is 61.5 Å². The molecule has 34 heavy (non-hydrogen) atoms. The van der Waals surface area contributed by atoms with Crippen LogP contribution < -0.4 is 16.0 Å². The number of aryl methyl sites for hydroxylation is 1. The standard InChI is InChI=1S/C25H19ClN6O2/c1-14-2-6-19(13-27-14)29-24(34)15-3-7-18(8-4-15)30-25-28-12-16-10-22(33)31-21-11-17(26)5-9-20(21)23(16)32-25/h2-9,11-13H,10H2,1H3,(H,29,34)(H,31,33)(H,28,30,32). The maximum absolute atomic E-state index is 12.5. The zero-order valence-electron chi connectivity index (χ0n) is 18.1. The number of hydrogen-bond donors (Lipinski definition) is 3. The van der Waals surface area contributed by atoms with Gasteiger partial charge in [-0.1, -0.05) is 11.6 Å². The van der Waals surface area contributed by atoms with E-state index in [1.807, 2.05) is 19.1 Å². The van der Waals surface area contributed by atoms with Crippen LogP contribution in [0.25, 0.3) is 11.3 Å². The summed E-state index contributed by atoms with van der Waals surface area (Å²) in [4.78, 5) is 37.9. The van der Waals surface area contributed by atoms with E-state index in [-0.39, 0.29) is 18.2 Å². The Morgan fingerprint density at radius 3 is 2.56 bits per heavy atom. The molecule has 0 saturated heterocycles. The van der Waals surface area contributed by atoms with Crippen molar-refractivity contribution in [1.29, 1.82) is 0 Å². The zero-order valence-corrected chi connectivity index (χ0v) is 18.8. The van der Waals surface area contributed by atoms with E-state index >= 15 is 0 Å². The SMILES string of the molecule is Cc1ccc(NC(=O)c2ccc(Nc3ncc4c(n3)-c3ccc(Cl)cc3NC(=O)C4)cc2)cn1. The van der Waals surface area contributed by atoms with Crippen LogP contribution in [0.4, 0.5) is 23.0 Å². The normalized spacial score (nSPS) is 12.1. The van der Waals surface area contributed by atoms with Gasteiger partial charge in [-0.3, -0.25) is 14.6 Å². The molecule has 0 fully saturated rings. The predicted octanol–water partition coefficient (Wildman–Crippen LogP) is 4.99. The second-order valence-electron chi connectivity index (χ2n) is 7.83. The van der Waals surface area contributed by atoms with Crippen LogP contribution in [0.5, 0.6) is 0 Å². The second-order valence-corrected chi connectivity index (χ2v) is 8.26. The summed E-state index contributed by atoms with van der Waals surface area (Å²) in [5.74, 6) is -0.00953. The van der Waals surface area contributed by atoms with Crippen LogP contribution in [-0.4, -0.2) is 26.8 Å². The molecule has 168 valence electrons. The topological polar surface area (TPSA) is 109 Å². The van der Waals surface area contributed by atoms with Crippen molar-refractivity contribution in [3.8, 4) is 11.3 Å². The van der Waals surface area contributed by atoms with Crippen LogP contribution in [0, 0.1) is 6.92 Å². The molecule has 2 aromatic carbocycles. The lowest BCUT2D eigenvalue weighted by molar-refractivity contribution is -0.115. The van der Waals surface area contributed by atoms with Gasteiger partial charge in [0.05, 0.1) is 29.7 Å². The summed E-state index contributed by atoms with van der Waals surface area (Å²) >= 11 is 6.10. The molecule has 9 heteroatoms. The molecular weight excluding hydrogens is 452 g/mol. The largest absolute Gasteiger partial charge is 0.325 e. The first-order valence-corrected chi connectivity index (χ1v) is 10.9. The fourth-order valence-corrected chi connectivity index (χ4v) is 3.77. The minimum atomic E-state index is -0.231. The number of carbonyl (C=O) groups is 2. The number of carbonyl (C=O) groups excluding carboxylic acids is 2. The Bertz CT molecular complexity index is 1400. The summed E-state index contributed by atoms with van der Waals surface area (Å²) in [5, 5.41) is 9.37. The van der Waals surface area contributed by atoms with Crippen molar-refractivity contribution < 1.29 is 9.59 Å². The molecule has 4 aromatic rings. The number of halogens is 1. The minimum Gasteiger partial charge on any atom is -0.325 e. The molecule has 0 bridgehead atoms. The van der Waals surface area contributed by atoms with Crippen molar-refractivity contribution in [3.05, 3.63) is 88.8 Å². The molecule has 1 aliphatic heterocycles. The Labute approximate surface area is 200 Å². The monoisotopic (exact) mass is 470 g/mol. The molecule has 3 heterocycles. The number of nitrogens with zero attached hydrogens (tertiary/aromatic N) is 3. The molecule has 8 nitrogen and oxygen atoms in total. The van der Waals surface area contributed by atoms with Crippen molar-refractivity contribution in [1.82, 2.24) is 15.0 Å². The van der Waals surface area contributed by atoms with E-state index < -0.39 is 0 Å². The number of aromatic nitrogens is 3. The summed E-state index contributed by atoms with van der Waals surface area (Å²) in [6.07, 6.45) is 3.43. The van der Waals surface area contributed by atoms with Crippen molar-refractivity contribution in [2.24, 2.45) is 0 Å². The maximum Gasteiger partial charge on any atom is 0.255 e. The Kier molecular flexibility index (Phi) is 5.65. The predicted molar refractivity (Wildman–Crippen MR) is 131 cm³/mol. The number of pyridine rings is 1. The summed E-state index contributed by atoms with van der Waals surface area (Å²) in [6, 6.07) is 15.9. The highest BCUT2D eigenvalue weighted by Crippen LogP contribution is 2.34. The van der Waals surface area contributed by atoms with Gasteiger partial charge in [-0.2, -0.15) is 0 Å². The summed E-state index contributed by atoms with van der Waals surface area (Å²) in [7, 11) is 0. The molecule has 0 saturated carbocycles. The van der Waals surface area contributed by atoms with E-state index in [0.717, 1.165) is 16.8 Å². The Morgan fingerprint density at radius 1 is 1.00 bits per heavy atom. The van der Waals surface area contributed by atoms with Gasteiger partial charge in [0.15, 0.2) is 0 Å². The summed E-state index contributed by atoms with van der Waals surface area (Å²) < 4.78 is 0. The van der Waals surface area contributed by atoms with Crippen molar-refractivity contribution in [2.75, 3.05) is 16.0 Å². The molecule has 3 N–H and O–H groups in total. The maximum atomic E-state index is 12.5. The highest BCUT2D eigenvalue weighted by molar-refractivity contribution is 6.31. The average molecular weight is 471 g/mol. The molecule has 0 spiro atoms. The van der Waals surface area contributed by atoms with Gasteiger partial charge in [-0.15, -0.1) is 0 Å². The number of amides is 2. The number of rotatable bonds is 4. The van der Waals surface area contributed by atoms with Gasteiger partial charge in [0.25, 0.3) is 5.91 Å². The Morgan fingerprint density at radius 2 is 1.79 bits per heavy atom.